The Hall–Kier alpha value is -7.34. The summed E-state index contributed by atoms with van der Waals surface area (Å²) in [6.45, 7) is 27.4. The molecule has 4 aliphatic carbocycles. The lowest BCUT2D eigenvalue weighted by atomic mass is 9.70. The monoisotopic (exact) mass is 905 g/mol. The average Bonchev–Trinajstić information content (AvgIpc) is 3.58. The summed E-state index contributed by atoms with van der Waals surface area (Å²) in [5.74, 6) is 0. The number of rotatable bonds is 13. The van der Waals surface area contributed by atoms with Crippen LogP contribution in [0.4, 0.5) is 5.69 Å². The summed E-state index contributed by atoms with van der Waals surface area (Å²) >= 11 is 0. The molecule has 3 aromatic rings. The Morgan fingerprint density at radius 1 is 0.812 bits per heavy atom. The van der Waals surface area contributed by atoms with Crippen LogP contribution in [-0.2, 0) is 11.8 Å². The molecule has 0 fully saturated rings. The van der Waals surface area contributed by atoms with Gasteiger partial charge in [-0.15, -0.1) is 12.8 Å². The predicted octanol–water partition coefficient (Wildman–Crippen LogP) is 17.8. The Morgan fingerprint density at radius 3 is 2.32 bits per heavy atom. The highest BCUT2D eigenvalue weighted by atomic mass is 15.2. The number of terminal acetylenes is 1. The van der Waals surface area contributed by atoms with E-state index in [0.29, 0.717) is 0 Å². The molecule has 0 aromatic heterocycles. The van der Waals surface area contributed by atoms with Gasteiger partial charge in [-0.1, -0.05) is 199 Å². The van der Waals surface area contributed by atoms with Gasteiger partial charge in [0.1, 0.15) is 0 Å². The first-order valence-electron chi connectivity index (χ1n) is 24.4. The largest absolute Gasteiger partial charge is 0.338 e. The molecule has 0 spiro atoms. The van der Waals surface area contributed by atoms with E-state index in [4.69, 9.17) is 0 Å². The summed E-state index contributed by atoms with van der Waals surface area (Å²) in [5.41, 5.74) is 19.5. The molecule has 0 N–H and O–H groups in total. The van der Waals surface area contributed by atoms with E-state index in [2.05, 4.69) is 273 Å². The number of hydrogen-bond donors (Lipinski definition) is 0. The summed E-state index contributed by atoms with van der Waals surface area (Å²) in [4.78, 5) is 4.86. The second-order valence-corrected chi connectivity index (χ2v) is 19.1. The van der Waals surface area contributed by atoms with Gasteiger partial charge in [-0.05, 0) is 150 Å². The lowest BCUT2D eigenvalue weighted by Crippen LogP contribution is -2.26. The van der Waals surface area contributed by atoms with Gasteiger partial charge >= 0.3 is 0 Å². The van der Waals surface area contributed by atoms with Crippen molar-refractivity contribution in [2.75, 3.05) is 11.4 Å². The zero-order valence-electron chi connectivity index (χ0n) is 42.5. The highest BCUT2D eigenvalue weighted by Gasteiger charge is 2.31. The van der Waals surface area contributed by atoms with Crippen molar-refractivity contribution in [2.45, 2.75) is 86.5 Å². The Morgan fingerprint density at radius 2 is 1.58 bits per heavy atom. The van der Waals surface area contributed by atoms with Crippen LogP contribution in [0.3, 0.4) is 0 Å². The van der Waals surface area contributed by atoms with Crippen molar-refractivity contribution in [1.29, 1.82) is 0 Å². The topological polar surface area (TPSA) is 6.48 Å². The predicted molar refractivity (Wildman–Crippen MR) is 303 cm³/mol. The molecule has 0 saturated carbocycles. The van der Waals surface area contributed by atoms with E-state index in [1.807, 2.05) is 12.2 Å². The van der Waals surface area contributed by atoms with Gasteiger partial charge in [0, 0.05) is 46.9 Å². The SMILES string of the molecule is C#C.C=C/C=C\C=C(/C)N(C1=CC=C(c2ccccc2C(=C)/C=C\C(=C/C)N(C\C=C2C(=C\C)/C(C)=C/C=C\C=C\C/2(C)C)C2=CCCC=C2)C=CC1)c1ccc2c(c1)CC(C)(C)c1ccccc1-2. The third-order valence-corrected chi connectivity index (χ3v) is 13.4. The minimum atomic E-state index is -0.155. The summed E-state index contributed by atoms with van der Waals surface area (Å²) in [6.07, 6.45) is 58.3. The van der Waals surface area contributed by atoms with Crippen molar-refractivity contribution in [3.8, 4) is 24.0 Å². The van der Waals surface area contributed by atoms with Crippen LogP contribution in [0.2, 0.25) is 0 Å². The summed E-state index contributed by atoms with van der Waals surface area (Å²) in [5, 5.41) is 0. The fourth-order valence-electron chi connectivity index (χ4n) is 9.94. The third kappa shape index (κ3) is 12.0. The molecule has 0 unspecified atom stereocenters. The fraction of sp³-hybridized carbons (Fsp3) is 0.224. The van der Waals surface area contributed by atoms with Gasteiger partial charge in [0.15, 0.2) is 0 Å². The maximum atomic E-state index is 4.68. The summed E-state index contributed by atoms with van der Waals surface area (Å²) < 4.78 is 0. The minimum Gasteiger partial charge on any atom is -0.338 e. The van der Waals surface area contributed by atoms with Gasteiger partial charge in [0.05, 0.1) is 0 Å². The Bertz CT molecular complexity index is 2880. The molecule has 0 atom stereocenters. The number of allylic oxidation sites excluding steroid dienone is 26. The molecule has 0 amide bonds. The smallest absolute Gasteiger partial charge is 0.0458 e. The van der Waals surface area contributed by atoms with Crippen molar-refractivity contribution in [1.82, 2.24) is 4.90 Å². The minimum absolute atomic E-state index is 0.0454. The van der Waals surface area contributed by atoms with Crippen LogP contribution >= 0.6 is 0 Å². The van der Waals surface area contributed by atoms with E-state index < -0.39 is 0 Å². The molecule has 0 heterocycles. The van der Waals surface area contributed by atoms with Crippen LogP contribution in [0, 0.1) is 18.3 Å². The van der Waals surface area contributed by atoms with Crippen LogP contribution in [0.25, 0.3) is 22.3 Å². The van der Waals surface area contributed by atoms with Gasteiger partial charge in [-0.3, -0.25) is 0 Å². The fourth-order valence-corrected chi connectivity index (χ4v) is 9.94. The van der Waals surface area contributed by atoms with Crippen molar-refractivity contribution in [3.63, 3.8) is 0 Å². The van der Waals surface area contributed by atoms with E-state index in [1.54, 1.807) is 0 Å². The van der Waals surface area contributed by atoms with Crippen molar-refractivity contribution in [2.24, 2.45) is 5.41 Å². The summed E-state index contributed by atoms with van der Waals surface area (Å²) in [7, 11) is 0. The number of benzene rings is 3. The van der Waals surface area contributed by atoms with Crippen LogP contribution in [0.5, 0.6) is 0 Å². The maximum absolute atomic E-state index is 4.68. The molecule has 0 radical (unpaired) electrons. The molecule has 4 aliphatic rings. The van der Waals surface area contributed by atoms with Gasteiger partial charge in [-0.25, -0.2) is 0 Å². The number of fused-ring (bicyclic) bond motifs is 3. The van der Waals surface area contributed by atoms with E-state index in [-0.39, 0.29) is 10.8 Å². The van der Waals surface area contributed by atoms with Gasteiger partial charge in [0.2, 0.25) is 0 Å². The van der Waals surface area contributed by atoms with Crippen molar-refractivity contribution >= 4 is 16.8 Å². The number of hydrogen-bond acceptors (Lipinski definition) is 2. The molecule has 350 valence electrons. The van der Waals surface area contributed by atoms with Crippen LogP contribution in [0.1, 0.15) is 96.9 Å². The number of nitrogens with zero attached hydrogens (tertiary/aromatic N) is 2. The average molecular weight is 905 g/mol. The van der Waals surface area contributed by atoms with Crippen LogP contribution in [-0.4, -0.2) is 11.4 Å². The van der Waals surface area contributed by atoms with Crippen molar-refractivity contribution in [3.05, 3.63) is 269 Å². The molecular formula is C67H72N2. The quantitative estimate of drug-likeness (QED) is 0.125. The first-order valence-corrected chi connectivity index (χ1v) is 24.4. The standard InChI is InChI=1S/C65H70N2.C2H2/c1-11-14-17-28-50(6)67(56-41-42-60-52(46-56)47-65(9,10)62-36-24-23-35-61(60)62)55-32-26-29-51(38-40-55)59-34-22-21-33-58(59)49(5)37-39-53(12-2)66(54-30-19-15-20-31-54)45-43-63-57(13-3)48(4)27-18-16-25-44-64(63,7)8;1-2/h11-14,16-19,21-31,33-44,46H,1,5,15,20,32,45,47H2,2-4,6-10H3;1-2H/b17-14-,18-16-,39-37-,44-25+,48-27+,50-28+,53-12+,57-13-,63-43+;. The molecule has 0 aliphatic heterocycles. The highest BCUT2D eigenvalue weighted by molar-refractivity contribution is 5.87. The zero-order valence-corrected chi connectivity index (χ0v) is 42.5. The summed E-state index contributed by atoms with van der Waals surface area (Å²) in [6, 6.07) is 24.6. The highest BCUT2D eigenvalue weighted by Crippen LogP contribution is 2.45. The molecule has 69 heavy (non-hydrogen) atoms. The molecule has 7 rings (SSSR count). The molecule has 2 heteroatoms. The van der Waals surface area contributed by atoms with E-state index >= 15 is 0 Å². The maximum Gasteiger partial charge on any atom is 0.0458 e. The van der Waals surface area contributed by atoms with Gasteiger partial charge < -0.3 is 9.80 Å². The van der Waals surface area contributed by atoms with E-state index in [0.717, 1.165) is 65.9 Å². The third-order valence-electron chi connectivity index (χ3n) is 13.4. The molecule has 0 saturated heterocycles. The normalized spacial score (nSPS) is 20.3. The van der Waals surface area contributed by atoms with Crippen LogP contribution in [0.15, 0.2) is 247 Å². The van der Waals surface area contributed by atoms with Crippen molar-refractivity contribution < 1.29 is 0 Å². The molecular weight excluding hydrogens is 833 g/mol. The second-order valence-electron chi connectivity index (χ2n) is 19.1. The second kappa shape index (κ2) is 23.6. The first-order chi connectivity index (χ1) is 33.4. The first kappa shape index (κ1) is 51.1. The van der Waals surface area contributed by atoms with Gasteiger partial charge in [-0.2, -0.15) is 0 Å². The Balaban J connectivity index is 0.00000386. The lowest BCUT2D eigenvalue weighted by molar-refractivity contribution is 0.489. The Labute approximate surface area is 416 Å². The van der Waals surface area contributed by atoms with Crippen LogP contribution < -0.4 is 4.90 Å². The molecule has 2 nitrogen and oxygen atoms in total. The Kier molecular flexibility index (Phi) is 17.5. The molecule has 3 aromatic carbocycles. The zero-order chi connectivity index (χ0) is 49.6. The van der Waals surface area contributed by atoms with E-state index in [9.17, 15) is 0 Å². The van der Waals surface area contributed by atoms with E-state index in [1.165, 1.54) is 56.1 Å². The van der Waals surface area contributed by atoms with Gasteiger partial charge in [0.25, 0.3) is 0 Å². The number of anilines is 1. The molecule has 0 bridgehead atoms. The lowest BCUT2D eigenvalue weighted by Gasteiger charge is -2.35.